The predicted molar refractivity (Wildman–Crippen MR) is 114 cm³/mol. The third-order valence-corrected chi connectivity index (χ3v) is 5.79. The van der Waals surface area contributed by atoms with Gasteiger partial charge in [0.1, 0.15) is 0 Å². The summed E-state index contributed by atoms with van der Waals surface area (Å²) in [5.41, 5.74) is 2.44. The van der Waals surface area contributed by atoms with E-state index in [2.05, 4.69) is 51.7 Å². The average Bonchev–Trinajstić information content (AvgIpc) is 3.12. The molecule has 1 aromatic carbocycles. The zero-order chi connectivity index (χ0) is 19.8. The highest BCUT2D eigenvalue weighted by Crippen LogP contribution is 2.17. The fourth-order valence-corrected chi connectivity index (χ4v) is 4.15. The summed E-state index contributed by atoms with van der Waals surface area (Å²) < 4.78 is 0. The molecule has 0 spiro atoms. The van der Waals surface area contributed by atoms with Gasteiger partial charge in [-0.25, -0.2) is 0 Å². The Morgan fingerprint density at radius 1 is 1.18 bits per heavy atom. The number of rotatable bonds is 7. The average molecular weight is 386 g/mol. The van der Waals surface area contributed by atoms with Gasteiger partial charge in [0.15, 0.2) is 5.96 Å². The van der Waals surface area contributed by atoms with Crippen LogP contribution in [0.3, 0.4) is 0 Å². The van der Waals surface area contributed by atoms with E-state index in [9.17, 15) is 4.79 Å². The molecule has 6 nitrogen and oxygen atoms in total. The van der Waals surface area contributed by atoms with E-state index in [0.717, 1.165) is 44.9 Å². The molecular formula is C22H35N5O. The van der Waals surface area contributed by atoms with Crippen molar-refractivity contribution in [3.05, 3.63) is 35.4 Å². The monoisotopic (exact) mass is 385 g/mol. The number of nitrogens with one attached hydrogen (secondary N) is 2. The normalized spacial score (nSPS) is 19.3. The van der Waals surface area contributed by atoms with Crippen molar-refractivity contribution in [1.29, 1.82) is 0 Å². The third kappa shape index (κ3) is 5.71. The van der Waals surface area contributed by atoms with E-state index in [1.807, 2.05) is 11.9 Å². The first-order chi connectivity index (χ1) is 13.7. The van der Waals surface area contributed by atoms with Gasteiger partial charge in [0.25, 0.3) is 0 Å². The molecule has 1 amide bonds. The van der Waals surface area contributed by atoms with Crippen LogP contribution in [0.25, 0.3) is 0 Å². The van der Waals surface area contributed by atoms with E-state index in [-0.39, 0.29) is 5.91 Å². The van der Waals surface area contributed by atoms with Gasteiger partial charge < -0.3 is 20.4 Å². The standard InChI is InChI=1S/C22H35N5O/c1-3-12-26-14-10-20(11-15-26)25-22(23-2)24-16-18-7-4-5-8-19(18)17-27-13-6-9-21(27)28/h4-5,7-8,20H,3,6,9-17H2,1-2H3,(H2,23,24,25). The van der Waals surface area contributed by atoms with Gasteiger partial charge in [0.05, 0.1) is 0 Å². The second-order valence-corrected chi connectivity index (χ2v) is 7.87. The van der Waals surface area contributed by atoms with Crippen molar-refractivity contribution in [2.75, 3.05) is 33.2 Å². The Hall–Kier alpha value is -2.08. The topological polar surface area (TPSA) is 60.0 Å². The fourth-order valence-electron chi connectivity index (χ4n) is 4.15. The number of amides is 1. The summed E-state index contributed by atoms with van der Waals surface area (Å²) in [5, 5.41) is 7.05. The van der Waals surface area contributed by atoms with Crippen LogP contribution < -0.4 is 10.6 Å². The van der Waals surface area contributed by atoms with Crippen molar-refractivity contribution in [2.24, 2.45) is 4.99 Å². The van der Waals surface area contributed by atoms with Gasteiger partial charge in [-0.15, -0.1) is 0 Å². The lowest BCUT2D eigenvalue weighted by molar-refractivity contribution is -0.128. The van der Waals surface area contributed by atoms with Crippen LogP contribution >= 0.6 is 0 Å². The number of guanidine groups is 1. The number of carbonyl (C=O) groups is 1. The molecule has 0 saturated carbocycles. The molecule has 0 atom stereocenters. The van der Waals surface area contributed by atoms with E-state index in [1.54, 1.807) is 0 Å². The Morgan fingerprint density at radius 2 is 1.93 bits per heavy atom. The molecule has 0 aromatic heterocycles. The smallest absolute Gasteiger partial charge is 0.222 e. The van der Waals surface area contributed by atoms with Crippen molar-refractivity contribution in [2.45, 2.75) is 58.2 Å². The molecule has 2 N–H and O–H groups in total. The molecule has 3 rings (SSSR count). The quantitative estimate of drug-likeness (QED) is 0.559. The van der Waals surface area contributed by atoms with Crippen molar-refractivity contribution < 1.29 is 4.79 Å². The van der Waals surface area contributed by atoms with E-state index in [4.69, 9.17) is 0 Å². The van der Waals surface area contributed by atoms with Gasteiger partial charge in [-0.1, -0.05) is 31.2 Å². The fraction of sp³-hybridized carbons (Fsp3) is 0.636. The Bertz CT molecular complexity index is 667. The Labute approximate surface area is 169 Å². The summed E-state index contributed by atoms with van der Waals surface area (Å²) in [6.45, 7) is 8.07. The molecule has 2 aliphatic rings. The summed E-state index contributed by atoms with van der Waals surface area (Å²) in [7, 11) is 1.83. The molecule has 0 radical (unpaired) electrons. The van der Waals surface area contributed by atoms with Gasteiger partial charge in [0.2, 0.25) is 5.91 Å². The molecule has 6 heteroatoms. The Kier molecular flexibility index (Phi) is 7.71. The van der Waals surface area contributed by atoms with E-state index >= 15 is 0 Å². The maximum Gasteiger partial charge on any atom is 0.222 e. The Morgan fingerprint density at radius 3 is 2.57 bits per heavy atom. The zero-order valence-corrected chi connectivity index (χ0v) is 17.4. The minimum Gasteiger partial charge on any atom is -0.354 e. The summed E-state index contributed by atoms with van der Waals surface area (Å²) in [6.07, 6.45) is 5.22. The van der Waals surface area contributed by atoms with Crippen molar-refractivity contribution >= 4 is 11.9 Å². The number of hydrogen-bond acceptors (Lipinski definition) is 3. The lowest BCUT2D eigenvalue weighted by atomic mass is 10.0. The van der Waals surface area contributed by atoms with Gasteiger partial charge >= 0.3 is 0 Å². The minimum absolute atomic E-state index is 0.273. The first-order valence-electron chi connectivity index (χ1n) is 10.7. The number of aliphatic imine (C=N–C) groups is 1. The van der Waals surface area contributed by atoms with Gasteiger partial charge in [-0.2, -0.15) is 0 Å². The zero-order valence-electron chi connectivity index (χ0n) is 17.4. The lowest BCUT2D eigenvalue weighted by Crippen LogP contribution is -2.48. The van der Waals surface area contributed by atoms with Crippen LogP contribution in [0.15, 0.2) is 29.3 Å². The molecule has 28 heavy (non-hydrogen) atoms. The number of carbonyl (C=O) groups excluding carboxylic acids is 1. The molecule has 2 saturated heterocycles. The molecule has 2 aliphatic heterocycles. The van der Waals surface area contributed by atoms with E-state index < -0.39 is 0 Å². The first-order valence-corrected chi connectivity index (χ1v) is 10.7. The molecule has 1 aromatic rings. The van der Waals surface area contributed by atoms with Crippen LogP contribution in [0.4, 0.5) is 0 Å². The maximum atomic E-state index is 12.0. The molecular weight excluding hydrogens is 350 g/mol. The number of hydrogen-bond donors (Lipinski definition) is 2. The second-order valence-electron chi connectivity index (χ2n) is 7.87. The molecule has 0 aliphatic carbocycles. The molecule has 2 heterocycles. The van der Waals surface area contributed by atoms with Crippen molar-refractivity contribution in [3.63, 3.8) is 0 Å². The number of benzene rings is 1. The molecule has 2 fully saturated rings. The maximum absolute atomic E-state index is 12.0. The van der Waals surface area contributed by atoms with E-state index in [0.29, 0.717) is 25.6 Å². The van der Waals surface area contributed by atoms with Crippen molar-refractivity contribution in [1.82, 2.24) is 20.4 Å². The van der Waals surface area contributed by atoms with Crippen LogP contribution in [0.1, 0.15) is 50.2 Å². The summed E-state index contributed by atoms with van der Waals surface area (Å²) >= 11 is 0. The van der Waals surface area contributed by atoms with Crippen LogP contribution in [0.2, 0.25) is 0 Å². The van der Waals surface area contributed by atoms with Crippen LogP contribution in [0, 0.1) is 0 Å². The Balaban J connectivity index is 1.51. The predicted octanol–water partition coefficient (Wildman–Crippen LogP) is 2.35. The highest BCUT2D eigenvalue weighted by Gasteiger charge is 2.21. The van der Waals surface area contributed by atoms with E-state index in [1.165, 1.54) is 24.1 Å². The van der Waals surface area contributed by atoms with Gasteiger partial charge in [0, 0.05) is 52.2 Å². The van der Waals surface area contributed by atoms with Gasteiger partial charge in [-0.05, 0) is 43.4 Å². The SMILES string of the molecule is CCCN1CCC(NC(=NC)NCc2ccccc2CN2CCCC2=O)CC1. The summed E-state index contributed by atoms with van der Waals surface area (Å²) in [4.78, 5) is 20.9. The van der Waals surface area contributed by atoms with Crippen LogP contribution in [0.5, 0.6) is 0 Å². The second kappa shape index (κ2) is 10.5. The highest BCUT2D eigenvalue weighted by molar-refractivity contribution is 5.80. The minimum atomic E-state index is 0.273. The number of piperidine rings is 1. The van der Waals surface area contributed by atoms with Gasteiger partial charge in [-0.3, -0.25) is 9.79 Å². The first kappa shape index (κ1) is 20.6. The number of likely N-dealkylation sites (tertiary alicyclic amines) is 2. The van der Waals surface area contributed by atoms with Crippen LogP contribution in [-0.4, -0.2) is 60.9 Å². The molecule has 0 bridgehead atoms. The number of nitrogens with zero attached hydrogens (tertiary/aromatic N) is 3. The third-order valence-electron chi connectivity index (χ3n) is 5.79. The highest BCUT2D eigenvalue weighted by atomic mass is 16.2. The van der Waals surface area contributed by atoms with Crippen LogP contribution in [-0.2, 0) is 17.9 Å². The summed E-state index contributed by atoms with van der Waals surface area (Å²) in [5.74, 6) is 1.13. The molecule has 0 unspecified atom stereocenters. The van der Waals surface area contributed by atoms with Crippen molar-refractivity contribution in [3.8, 4) is 0 Å². The lowest BCUT2D eigenvalue weighted by Gasteiger charge is -2.32. The largest absolute Gasteiger partial charge is 0.354 e. The molecule has 154 valence electrons. The summed E-state index contributed by atoms with van der Waals surface area (Å²) in [6, 6.07) is 8.86.